The summed E-state index contributed by atoms with van der Waals surface area (Å²) in [7, 11) is 1.56. The fourth-order valence-corrected chi connectivity index (χ4v) is 2.45. The van der Waals surface area contributed by atoms with E-state index in [2.05, 4.69) is 15.0 Å². The number of hydrogen-bond donors (Lipinski definition) is 1. The average molecular weight is 360 g/mol. The van der Waals surface area contributed by atoms with Crippen LogP contribution in [0.25, 0.3) is 11.3 Å². The first kappa shape index (κ1) is 18.2. The first-order valence-electron chi connectivity index (χ1n) is 6.87. The lowest BCUT2D eigenvalue weighted by atomic mass is 10.2. The largest absolute Gasteiger partial charge is 0.497 e. The summed E-state index contributed by atoms with van der Waals surface area (Å²) in [4.78, 5) is 16.0. The fraction of sp³-hybridized carbons (Fsp3) is 0.333. The molecule has 0 aliphatic rings. The molecule has 0 saturated heterocycles. The summed E-state index contributed by atoms with van der Waals surface area (Å²) >= 11 is 1.17. The van der Waals surface area contributed by atoms with Gasteiger partial charge in [0.05, 0.1) is 12.8 Å². The van der Waals surface area contributed by atoms with E-state index < -0.39 is 24.8 Å². The van der Waals surface area contributed by atoms with Crippen molar-refractivity contribution in [1.82, 2.24) is 4.98 Å². The number of ether oxygens (including phenoxy) is 2. The molecule has 0 aliphatic heterocycles. The molecule has 24 heavy (non-hydrogen) atoms. The van der Waals surface area contributed by atoms with Crippen molar-refractivity contribution in [3.05, 3.63) is 29.6 Å². The van der Waals surface area contributed by atoms with Gasteiger partial charge in [-0.1, -0.05) is 0 Å². The normalized spacial score (nSPS) is 12.7. The number of nitrogens with zero attached hydrogens (tertiary/aromatic N) is 1. The number of nitrogens with one attached hydrogen (secondary N) is 1. The predicted octanol–water partition coefficient (Wildman–Crippen LogP) is 3.72. The van der Waals surface area contributed by atoms with E-state index >= 15 is 0 Å². The van der Waals surface area contributed by atoms with E-state index in [4.69, 9.17) is 4.74 Å². The Morgan fingerprint density at radius 2 is 2.00 bits per heavy atom. The SMILES string of the molecule is COc1ccc(-c2csc(NC(=O)C(C)OCC(F)(F)F)n2)cc1. The highest BCUT2D eigenvalue weighted by Crippen LogP contribution is 2.26. The molecule has 0 bridgehead atoms. The third kappa shape index (κ3) is 5.20. The van der Waals surface area contributed by atoms with Crippen molar-refractivity contribution in [2.45, 2.75) is 19.2 Å². The van der Waals surface area contributed by atoms with Gasteiger partial charge >= 0.3 is 6.18 Å². The Balaban J connectivity index is 1.96. The molecule has 5 nitrogen and oxygen atoms in total. The van der Waals surface area contributed by atoms with Crippen molar-refractivity contribution >= 4 is 22.4 Å². The standard InChI is InChI=1S/C15H15F3N2O3S/c1-9(23-8-15(16,17)18)13(21)20-14-19-12(7-24-14)10-3-5-11(22-2)6-4-10/h3-7,9H,8H2,1-2H3,(H,19,20,21). The number of aromatic nitrogens is 1. The van der Waals surface area contributed by atoms with Crippen LogP contribution in [0.3, 0.4) is 0 Å². The summed E-state index contributed by atoms with van der Waals surface area (Å²) in [5.41, 5.74) is 1.47. The summed E-state index contributed by atoms with van der Waals surface area (Å²) in [6.45, 7) is -0.227. The Morgan fingerprint density at radius 3 is 2.58 bits per heavy atom. The maximum atomic E-state index is 12.1. The smallest absolute Gasteiger partial charge is 0.411 e. The molecule has 1 heterocycles. The van der Waals surface area contributed by atoms with Crippen LogP contribution < -0.4 is 10.1 Å². The highest BCUT2D eigenvalue weighted by Gasteiger charge is 2.30. The van der Waals surface area contributed by atoms with Crippen molar-refractivity contribution in [3.8, 4) is 17.0 Å². The second-order valence-corrected chi connectivity index (χ2v) is 5.68. The number of benzene rings is 1. The van der Waals surface area contributed by atoms with E-state index in [9.17, 15) is 18.0 Å². The van der Waals surface area contributed by atoms with Crippen LogP contribution in [0.5, 0.6) is 5.75 Å². The second-order valence-electron chi connectivity index (χ2n) is 4.82. The van der Waals surface area contributed by atoms with Gasteiger partial charge in [0.2, 0.25) is 0 Å². The predicted molar refractivity (Wildman–Crippen MR) is 84.2 cm³/mol. The van der Waals surface area contributed by atoms with E-state index in [0.29, 0.717) is 11.4 Å². The number of hydrogen-bond acceptors (Lipinski definition) is 5. The molecule has 0 saturated carbocycles. The number of anilines is 1. The number of halogens is 3. The number of alkyl halides is 3. The molecule has 9 heteroatoms. The van der Waals surface area contributed by atoms with Gasteiger partial charge in [0.25, 0.3) is 5.91 Å². The van der Waals surface area contributed by atoms with E-state index in [1.165, 1.54) is 18.3 Å². The number of carbonyl (C=O) groups is 1. The minimum Gasteiger partial charge on any atom is -0.497 e. The van der Waals surface area contributed by atoms with Crippen LogP contribution in [0, 0.1) is 0 Å². The van der Waals surface area contributed by atoms with Crippen LogP contribution >= 0.6 is 11.3 Å². The van der Waals surface area contributed by atoms with Crippen LogP contribution in [-0.4, -0.2) is 36.9 Å². The van der Waals surface area contributed by atoms with Gasteiger partial charge in [0, 0.05) is 10.9 Å². The number of amides is 1. The minimum atomic E-state index is -4.47. The molecule has 1 N–H and O–H groups in total. The maximum Gasteiger partial charge on any atom is 0.411 e. The number of thiazole rings is 1. The Labute approximate surface area is 140 Å². The molecule has 1 atom stereocenters. The van der Waals surface area contributed by atoms with Crippen LogP contribution in [0.1, 0.15) is 6.92 Å². The summed E-state index contributed by atoms with van der Waals surface area (Å²) in [5.74, 6) is 0.0213. The van der Waals surface area contributed by atoms with Gasteiger partial charge in [-0.3, -0.25) is 10.1 Å². The molecule has 1 unspecified atom stereocenters. The Hall–Kier alpha value is -2.13. The van der Waals surface area contributed by atoms with Crippen LogP contribution in [0.2, 0.25) is 0 Å². The monoisotopic (exact) mass is 360 g/mol. The van der Waals surface area contributed by atoms with Crippen LogP contribution in [0.4, 0.5) is 18.3 Å². The van der Waals surface area contributed by atoms with E-state index in [1.54, 1.807) is 24.6 Å². The highest BCUT2D eigenvalue weighted by molar-refractivity contribution is 7.14. The van der Waals surface area contributed by atoms with Crippen molar-refractivity contribution in [1.29, 1.82) is 0 Å². The van der Waals surface area contributed by atoms with Crippen molar-refractivity contribution in [3.63, 3.8) is 0 Å². The molecule has 0 fully saturated rings. The van der Waals surface area contributed by atoms with Crippen molar-refractivity contribution in [2.24, 2.45) is 0 Å². The quantitative estimate of drug-likeness (QED) is 0.853. The van der Waals surface area contributed by atoms with Gasteiger partial charge in [-0.25, -0.2) is 4.98 Å². The molecule has 0 spiro atoms. The lowest BCUT2D eigenvalue weighted by Gasteiger charge is -2.13. The third-order valence-electron chi connectivity index (χ3n) is 2.99. The van der Waals surface area contributed by atoms with E-state index in [1.807, 2.05) is 12.1 Å². The average Bonchev–Trinajstić information content (AvgIpc) is 3.00. The van der Waals surface area contributed by atoms with Gasteiger partial charge in [-0.15, -0.1) is 11.3 Å². The molecule has 0 radical (unpaired) electrons. The van der Waals surface area contributed by atoms with Gasteiger partial charge in [-0.2, -0.15) is 13.2 Å². The Bertz CT molecular complexity index is 686. The summed E-state index contributed by atoms with van der Waals surface area (Å²) in [5, 5.41) is 4.46. The van der Waals surface area contributed by atoms with Gasteiger partial charge < -0.3 is 9.47 Å². The lowest BCUT2D eigenvalue weighted by Crippen LogP contribution is -2.31. The first-order valence-corrected chi connectivity index (χ1v) is 7.75. The van der Waals surface area contributed by atoms with Gasteiger partial charge in [-0.05, 0) is 31.2 Å². The highest BCUT2D eigenvalue weighted by atomic mass is 32.1. The number of methoxy groups -OCH3 is 1. The molecule has 0 aliphatic carbocycles. The summed E-state index contributed by atoms with van der Waals surface area (Å²) in [6, 6.07) is 7.18. The first-order chi connectivity index (χ1) is 11.3. The fourth-order valence-electron chi connectivity index (χ4n) is 1.73. The third-order valence-corrected chi connectivity index (χ3v) is 3.74. The second kappa shape index (κ2) is 7.63. The molecule has 1 aromatic carbocycles. The molecular formula is C15H15F3N2O3S. The van der Waals surface area contributed by atoms with Crippen molar-refractivity contribution < 1.29 is 27.4 Å². The topological polar surface area (TPSA) is 60.5 Å². The zero-order valence-electron chi connectivity index (χ0n) is 12.9. The number of rotatable bonds is 6. The zero-order chi connectivity index (χ0) is 17.7. The molecule has 1 amide bonds. The summed E-state index contributed by atoms with van der Waals surface area (Å²) in [6.07, 6.45) is -5.71. The molecule has 130 valence electrons. The molecule has 1 aromatic heterocycles. The van der Waals surface area contributed by atoms with Gasteiger partial charge in [0.15, 0.2) is 5.13 Å². The van der Waals surface area contributed by atoms with Crippen LogP contribution in [0.15, 0.2) is 29.6 Å². The molecule has 2 aromatic rings. The number of carbonyl (C=O) groups excluding carboxylic acids is 1. The Kier molecular flexibility index (Phi) is 5.79. The van der Waals surface area contributed by atoms with Crippen LogP contribution in [-0.2, 0) is 9.53 Å². The zero-order valence-corrected chi connectivity index (χ0v) is 13.7. The van der Waals surface area contributed by atoms with E-state index in [-0.39, 0.29) is 5.13 Å². The molecule has 2 rings (SSSR count). The van der Waals surface area contributed by atoms with Crippen molar-refractivity contribution in [2.75, 3.05) is 19.0 Å². The maximum absolute atomic E-state index is 12.1. The van der Waals surface area contributed by atoms with E-state index in [0.717, 1.165) is 5.56 Å². The summed E-state index contributed by atoms with van der Waals surface area (Å²) < 4.78 is 45.8. The Morgan fingerprint density at radius 1 is 1.33 bits per heavy atom. The lowest BCUT2D eigenvalue weighted by molar-refractivity contribution is -0.184. The molecular weight excluding hydrogens is 345 g/mol. The van der Waals surface area contributed by atoms with Gasteiger partial charge in [0.1, 0.15) is 18.5 Å². The minimum absolute atomic E-state index is 0.285.